The van der Waals surface area contributed by atoms with Gasteiger partial charge in [0.1, 0.15) is 11.9 Å². The quantitative estimate of drug-likeness (QED) is 0.629. The van der Waals surface area contributed by atoms with Gasteiger partial charge in [-0.1, -0.05) is 12.8 Å². The molecule has 4 nitrogen and oxygen atoms in total. The molecule has 0 radical (unpaired) electrons. The predicted octanol–water partition coefficient (Wildman–Crippen LogP) is 3.06. The fourth-order valence-corrected chi connectivity index (χ4v) is 2.74. The van der Waals surface area contributed by atoms with Crippen LogP contribution in [0.1, 0.15) is 42.5 Å². The van der Waals surface area contributed by atoms with Gasteiger partial charge in [-0.15, -0.1) is 0 Å². The summed E-state index contributed by atoms with van der Waals surface area (Å²) in [6, 6.07) is 4.81. The molecule has 0 heterocycles. The van der Waals surface area contributed by atoms with Gasteiger partial charge in [-0.3, -0.25) is 0 Å². The van der Waals surface area contributed by atoms with Gasteiger partial charge in [-0.2, -0.15) is 0 Å². The summed E-state index contributed by atoms with van der Waals surface area (Å²) in [6.45, 7) is 0. The highest BCUT2D eigenvalue weighted by molar-refractivity contribution is 14.1. The molecule has 0 spiro atoms. The Morgan fingerprint density at radius 2 is 2.00 bits per heavy atom. The number of ether oxygens (including phenoxy) is 1. The SMILES string of the molecule is O=C(O)c1ccc(I)c(OC2CCCCCC2O)c1. The van der Waals surface area contributed by atoms with E-state index >= 15 is 0 Å². The second-order valence-corrected chi connectivity index (χ2v) is 5.97. The summed E-state index contributed by atoms with van der Waals surface area (Å²) < 4.78 is 6.71. The van der Waals surface area contributed by atoms with Crippen LogP contribution in [0.5, 0.6) is 5.75 Å². The van der Waals surface area contributed by atoms with E-state index in [0.717, 1.165) is 35.7 Å². The van der Waals surface area contributed by atoms with Gasteiger partial charge >= 0.3 is 5.97 Å². The summed E-state index contributed by atoms with van der Waals surface area (Å²) >= 11 is 2.11. The molecule has 2 rings (SSSR count). The molecule has 0 aliphatic heterocycles. The number of carboxylic acids is 1. The monoisotopic (exact) mass is 376 g/mol. The third-order valence-electron chi connectivity index (χ3n) is 3.37. The first-order valence-electron chi connectivity index (χ1n) is 6.45. The topological polar surface area (TPSA) is 66.8 Å². The average molecular weight is 376 g/mol. The second-order valence-electron chi connectivity index (χ2n) is 4.81. The summed E-state index contributed by atoms with van der Waals surface area (Å²) in [7, 11) is 0. The van der Waals surface area contributed by atoms with Gasteiger partial charge in [0.2, 0.25) is 0 Å². The maximum atomic E-state index is 11.0. The van der Waals surface area contributed by atoms with Gasteiger partial charge in [-0.25, -0.2) is 4.79 Å². The molecule has 5 heteroatoms. The Balaban J connectivity index is 2.16. The van der Waals surface area contributed by atoms with Crippen molar-refractivity contribution in [1.29, 1.82) is 0 Å². The lowest BCUT2D eigenvalue weighted by Gasteiger charge is -2.22. The average Bonchev–Trinajstić information content (AvgIpc) is 2.57. The summed E-state index contributed by atoms with van der Waals surface area (Å²) in [6.07, 6.45) is 4.04. The van der Waals surface area contributed by atoms with Crippen LogP contribution in [0.3, 0.4) is 0 Å². The van der Waals surface area contributed by atoms with E-state index in [0.29, 0.717) is 5.75 Å². The van der Waals surface area contributed by atoms with Crippen molar-refractivity contribution in [2.24, 2.45) is 0 Å². The Kier molecular flexibility index (Phi) is 5.04. The van der Waals surface area contributed by atoms with Crippen LogP contribution in [0.4, 0.5) is 0 Å². The van der Waals surface area contributed by atoms with Crippen molar-refractivity contribution in [2.45, 2.75) is 44.3 Å². The number of rotatable bonds is 3. The highest BCUT2D eigenvalue weighted by atomic mass is 127. The van der Waals surface area contributed by atoms with Gasteiger partial charge in [0, 0.05) is 0 Å². The van der Waals surface area contributed by atoms with Crippen LogP contribution < -0.4 is 4.74 Å². The van der Waals surface area contributed by atoms with Gasteiger partial charge < -0.3 is 14.9 Å². The Hall–Kier alpha value is -0.820. The zero-order chi connectivity index (χ0) is 13.8. The number of carbonyl (C=O) groups is 1. The number of carboxylic acid groups (broad SMARTS) is 1. The number of benzene rings is 1. The molecule has 104 valence electrons. The number of aromatic carboxylic acids is 1. The molecule has 0 aromatic heterocycles. The fraction of sp³-hybridized carbons (Fsp3) is 0.500. The van der Waals surface area contributed by atoms with Crippen LogP contribution in [0.2, 0.25) is 0 Å². The third kappa shape index (κ3) is 3.82. The first-order valence-corrected chi connectivity index (χ1v) is 7.53. The standard InChI is InChI=1S/C14H17IO4/c15-10-7-6-9(14(17)18)8-13(10)19-12-5-3-1-2-4-11(12)16/h6-8,11-12,16H,1-5H2,(H,17,18). The normalized spacial score (nSPS) is 23.7. The van der Waals surface area contributed by atoms with Gasteiger partial charge in [0.25, 0.3) is 0 Å². The van der Waals surface area contributed by atoms with Crippen molar-refractivity contribution in [2.75, 3.05) is 0 Å². The van der Waals surface area contributed by atoms with Gasteiger partial charge in [-0.05, 0) is 60.1 Å². The molecule has 1 aliphatic carbocycles. The molecule has 1 saturated carbocycles. The molecule has 1 fully saturated rings. The molecule has 1 aromatic rings. The first-order chi connectivity index (χ1) is 9.08. The van der Waals surface area contributed by atoms with Crippen molar-refractivity contribution < 1.29 is 19.7 Å². The summed E-state index contributed by atoms with van der Waals surface area (Å²) in [4.78, 5) is 11.0. The minimum atomic E-state index is -0.970. The summed E-state index contributed by atoms with van der Waals surface area (Å²) in [5.41, 5.74) is 0.207. The highest BCUT2D eigenvalue weighted by Gasteiger charge is 2.24. The number of aliphatic hydroxyl groups is 1. The smallest absolute Gasteiger partial charge is 0.335 e. The van der Waals surface area contributed by atoms with E-state index in [9.17, 15) is 9.90 Å². The molecule has 0 bridgehead atoms. The van der Waals surface area contributed by atoms with Crippen LogP contribution in [-0.2, 0) is 0 Å². The Morgan fingerprint density at radius 1 is 1.26 bits per heavy atom. The van der Waals surface area contributed by atoms with Crippen LogP contribution >= 0.6 is 22.6 Å². The van der Waals surface area contributed by atoms with E-state index < -0.39 is 12.1 Å². The Bertz CT molecular complexity index is 461. The minimum absolute atomic E-state index is 0.207. The van der Waals surface area contributed by atoms with E-state index in [1.807, 2.05) is 0 Å². The van der Waals surface area contributed by atoms with E-state index in [4.69, 9.17) is 9.84 Å². The van der Waals surface area contributed by atoms with Crippen molar-refractivity contribution >= 4 is 28.6 Å². The van der Waals surface area contributed by atoms with Crippen LogP contribution in [-0.4, -0.2) is 28.4 Å². The molecule has 1 aromatic carbocycles. The molecule has 2 atom stereocenters. The Morgan fingerprint density at radius 3 is 2.74 bits per heavy atom. The highest BCUT2D eigenvalue weighted by Crippen LogP contribution is 2.27. The maximum absolute atomic E-state index is 11.0. The molecule has 0 saturated heterocycles. The van der Waals surface area contributed by atoms with Crippen LogP contribution in [0.25, 0.3) is 0 Å². The number of hydrogen-bond donors (Lipinski definition) is 2. The zero-order valence-corrected chi connectivity index (χ0v) is 12.7. The first kappa shape index (κ1) is 14.6. The van der Waals surface area contributed by atoms with Gasteiger partial charge in [0.05, 0.1) is 15.2 Å². The van der Waals surface area contributed by atoms with E-state index in [2.05, 4.69) is 22.6 Å². The van der Waals surface area contributed by atoms with E-state index in [-0.39, 0.29) is 11.7 Å². The fourth-order valence-electron chi connectivity index (χ4n) is 2.28. The molecule has 0 amide bonds. The van der Waals surface area contributed by atoms with Crippen molar-refractivity contribution in [3.8, 4) is 5.75 Å². The van der Waals surface area contributed by atoms with Crippen molar-refractivity contribution in [3.05, 3.63) is 27.3 Å². The molecule has 2 unspecified atom stereocenters. The number of hydrogen-bond acceptors (Lipinski definition) is 3. The lowest BCUT2D eigenvalue weighted by Crippen LogP contribution is -2.30. The number of halogens is 1. The third-order valence-corrected chi connectivity index (χ3v) is 4.27. The summed E-state index contributed by atoms with van der Waals surface area (Å²) in [5, 5.41) is 19.0. The van der Waals surface area contributed by atoms with Crippen LogP contribution in [0, 0.1) is 3.57 Å². The molecular weight excluding hydrogens is 359 g/mol. The lowest BCUT2D eigenvalue weighted by molar-refractivity contribution is 0.0314. The Labute approximate surface area is 125 Å². The van der Waals surface area contributed by atoms with Gasteiger partial charge in [0.15, 0.2) is 0 Å². The molecular formula is C14H17IO4. The molecule has 1 aliphatic rings. The van der Waals surface area contributed by atoms with Crippen LogP contribution in [0.15, 0.2) is 18.2 Å². The maximum Gasteiger partial charge on any atom is 0.335 e. The predicted molar refractivity (Wildman–Crippen MR) is 79.6 cm³/mol. The number of aliphatic hydroxyl groups excluding tert-OH is 1. The summed E-state index contributed by atoms with van der Waals surface area (Å²) in [5.74, 6) is -0.422. The van der Waals surface area contributed by atoms with E-state index in [1.165, 1.54) is 6.07 Å². The van der Waals surface area contributed by atoms with E-state index in [1.54, 1.807) is 12.1 Å². The zero-order valence-electron chi connectivity index (χ0n) is 10.5. The minimum Gasteiger partial charge on any atom is -0.487 e. The second kappa shape index (κ2) is 6.56. The molecule has 19 heavy (non-hydrogen) atoms. The molecule has 2 N–H and O–H groups in total. The van der Waals surface area contributed by atoms with Crippen molar-refractivity contribution in [3.63, 3.8) is 0 Å². The van der Waals surface area contributed by atoms with Crippen molar-refractivity contribution in [1.82, 2.24) is 0 Å². The largest absolute Gasteiger partial charge is 0.487 e. The lowest BCUT2D eigenvalue weighted by atomic mass is 10.1.